The van der Waals surface area contributed by atoms with Gasteiger partial charge in [-0.25, -0.2) is 0 Å². The molecule has 0 aliphatic carbocycles. The van der Waals surface area contributed by atoms with Crippen LogP contribution in [0.1, 0.15) is 17.2 Å². The molecule has 6 heteroatoms. The average molecular weight is 365 g/mol. The van der Waals surface area contributed by atoms with Crippen LogP contribution in [0.5, 0.6) is 0 Å². The third-order valence-corrected chi connectivity index (χ3v) is 4.49. The first-order valence-electron chi connectivity index (χ1n) is 8.88. The lowest BCUT2D eigenvalue weighted by Crippen LogP contribution is -2.42. The lowest BCUT2D eigenvalue weighted by atomic mass is 10.1. The van der Waals surface area contributed by atoms with E-state index >= 15 is 0 Å². The second kappa shape index (κ2) is 8.51. The van der Waals surface area contributed by atoms with Crippen molar-refractivity contribution in [3.8, 4) is 0 Å². The molecule has 0 saturated carbocycles. The van der Waals surface area contributed by atoms with Crippen molar-refractivity contribution in [1.82, 2.24) is 15.2 Å². The van der Waals surface area contributed by atoms with Gasteiger partial charge in [0.1, 0.15) is 0 Å². The van der Waals surface area contributed by atoms with Gasteiger partial charge in [-0.05, 0) is 18.1 Å². The third kappa shape index (κ3) is 4.54. The zero-order chi connectivity index (χ0) is 19.2. The van der Waals surface area contributed by atoms with E-state index in [1.807, 2.05) is 72.4 Å². The van der Waals surface area contributed by atoms with Crippen molar-refractivity contribution < 1.29 is 14.7 Å². The maximum absolute atomic E-state index is 12.0. The summed E-state index contributed by atoms with van der Waals surface area (Å²) in [6.45, 7) is 0.348. The van der Waals surface area contributed by atoms with Gasteiger partial charge in [0.25, 0.3) is 0 Å². The van der Waals surface area contributed by atoms with Crippen molar-refractivity contribution in [2.75, 3.05) is 13.1 Å². The van der Waals surface area contributed by atoms with E-state index in [2.05, 4.69) is 10.6 Å². The van der Waals surface area contributed by atoms with Crippen LogP contribution in [0.4, 0.5) is 0 Å². The van der Waals surface area contributed by atoms with Crippen LogP contribution in [0.15, 0.2) is 60.8 Å². The topological polar surface area (TPSA) is 83.4 Å². The molecule has 27 heavy (non-hydrogen) atoms. The fourth-order valence-corrected chi connectivity index (χ4v) is 3.06. The molecule has 0 aliphatic rings. The number of nitrogens with zero attached hydrogens (tertiary/aromatic N) is 1. The number of aryl methyl sites for hydroxylation is 1. The predicted octanol–water partition coefficient (Wildman–Crippen LogP) is 1.69. The molecular formula is C21H23N3O3. The standard InChI is InChI=1S/C21H23N3O3/c1-24-14-17(16-9-5-6-10-18(16)24)19(25)13-23-21(27)20(26)22-12-11-15-7-3-2-4-8-15/h2-10,14,19,25H,11-13H2,1H3,(H,22,26)(H,23,27). The van der Waals surface area contributed by atoms with E-state index in [1.54, 1.807) is 0 Å². The van der Waals surface area contributed by atoms with E-state index in [-0.39, 0.29) is 6.54 Å². The number of aliphatic hydroxyl groups is 1. The molecule has 0 fully saturated rings. The summed E-state index contributed by atoms with van der Waals surface area (Å²) in [5.41, 5.74) is 2.80. The summed E-state index contributed by atoms with van der Waals surface area (Å²) in [5.74, 6) is -1.45. The van der Waals surface area contributed by atoms with Crippen LogP contribution in [0, 0.1) is 0 Å². The van der Waals surface area contributed by atoms with E-state index in [0.29, 0.717) is 13.0 Å². The van der Waals surface area contributed by atoms with Crippen molar-refractivity contribution in [3.05, 3.63) is 71.9 Å². The monoisotopic (exact) mass is 365 g/mol. The molecule has 0 aliphatic heterocycles. The number of aromatic nitrogens is 1. The minimum absolute atomic E-state index is 0.0288. The maximum atomic E-state index is 12.0. The Kier molecular flexibility index (Phi) is 5.88. The van der Waals surface area contributed by atoms with Gasteiger partial charge in [0.15, 0.2) is 0 Å². The molecule has 140 valence electrons. The van der Waals surface area contributed by atoms with Crippen molar-refractivity contribution in [1.29, 1.82) is 0 Å². The minimum Gasteiger partial charge on any atom is -0.386 e. The molecule has 1 atom stereocenters. The molecule has 0 spiro atoms. The second-order valence-corrected chi connectivity index (χ2v) is 6.43. The van der Waals surface area contributed by atoms with Crippen molar-refractivity contribution in [2.45, 2.75) is 12.5 Å². The second-order valence-electron chi connectivity index (χ2n) is 6.43. The molecular weight excluding hydrogens is 342 g/mol. The number of amides is 2. The molecule has 0 radical (unpaired) electrons. The Balaban J connectivity index is 1.49. The van der Waals surface area contributed by atoms with Gasteiger partial charge >= 0.3 is 11.8 Å². The number of carbonyl (C=O) groups excluding carboxylic acids is 2. The third-order valence-electron chi connectivity index (χ3n) is 4.49. The Bertz CT molecular complexity index is 934. The van der Waals surface area contributed by atoms with Crippen LogP contribution >= 0.6 is 0 Å². The van der Waals surface area contributed by atoms with Gasteiger partial charge in [0, 0.05) is 42.8 Å². The summed E-state index contributed by atoms with van der Waals surface area (Å²) in [5, 5.41) is 16.4. The van der Waals surface area contributed by atoms with Crippen LogP contribution in [0.25, 0.3) is 10.9 Å². The first-order chi connectivity index (χ1) is 13.1. The molecule has 0 bridgehead atoms. The molecule has 3 N–H and O–H groups in total. The van der Waals surface area contributed by atoms with Gasteiger partial charge in [0.2, 0.25) is 0 Å². The highest BCUT2D eigenvalue weighted by atomic mass is 16.3. The fourth-order valence-electron chi connectivity index (χ4n) is 3.06. The number of benzene rings is 2. The lowest BCUT2D eigenvalue weighted by Gasteiger charge is -2.11. The van der Waals surface area contributed by atoms with Gasteiger partial charge in [-0.15, -0.1) is 0 Å². The molecule has 2 amide bonds. The van der Waals surface area contributed by atoms with Crippen LogP contribution in [-0.4, -0.2) is 34.6 Å². The Hall–Kier alpha value is -3.12. The highest BCUT2D eigenvalue weighted by Gasteiger charge is 2.18. The largest absolute Gasteiger partial charge is 0.386 e. The summed E-state index contributed by atoms with van der Waals surface area (Å²) in [6, 6.07) is 17.4. The van der Waals surface area contributed by atoms with Gasteiger partial charge in [-0.3, -0.25) is 9.59 Å². The van der Waals surface area contributed by atoms with Crippen molar-refractivity contribution in [2.24, 2.45) is 7.05 Å². The Morgan fingerprint density at radius 2 is 1.67 bits per heavy atom. The quantitative estimate of drug-likeness (QED) is 0.581. The number of para-hydroxylation sites is 1. The van der Waals surface area contributed by atoms with E-state index in [4.69, 9.17) is 0 Å². The van der Waals surface area contributed by atoms with E-state index in [9.17, 15) is 14.7 Å². The number of fused-ring (bicyclic) bond motifs is 1. The molecule has 3 rings (SSSR count). The van der Waals surface area contributed by atoms with Gasteiger partial charge in [-0.1, -0.05) is 48.5 Å². The van der Waals surface area contributed by atoms with E-state index < -0.39 is 17.9 Å². The number of hydrogen-bond donors (Lipinski definition) is 3. The highest BCUT2D eigenvalue weighted by molar-refractivity contribution is 6.35. The van der Waals surface area contributed by atoms with E-state index in [0.717, 1.165) is 22.0 Å². The summed E-state index contributed by atoms with van der Waals surface area (Å²) in [4.78, 5) is 23.8. The molecule has 1 heterocycles. The first-order valence-corrected chi connectivity index (χ1v) is 8.88. The van der Waals surface area contributed by atoms with Crippen LogP contribution in [0.3, 0.4) is 0 Å². The molecule has 2 aromatic carbocycles. The zero-order valence-electron chi connectivity index (χ0n) is 15.2. The summed E-state index contributed by atoms with van der Waals surface area (Å²) in [6.07, 6.45) is 1.59. The van der Waals surface area contributed by atoms with Crippen molar-refractivity contribution in [3.63, 3.8) is 0 Å². The molecule has 6 nitrogen and oxygen atoms in total. The molecule has 1 unspecified atom stereocenters. The van der Waals surface area contributed by atoms with Crippen LogP contribution in [-0.2, 0) is 23.1 Å². The number of rotatable bonds is 6. The summed E-state index contributed by atoms with van der Waals surface area (Å²) in [7, 11) is 1.90. The Morgan fingerprint density at radius 1 is 1.00 bits per heavy atom. The van der Waals surface area contributed by atoms with E-state index in [1.165, 1.54) is 0 Å². The molecule has 0 saturated heterocycles. The predicted molar refractivity (Wildman–Crippen MR) is 104 cm³/mol. The maximum Gasteiger partial charge on any atom is 0.309 e. The normalized spacial score (nSPS) is 11.9. The van der Waals surface area contributed by atoms with Crippen LogP contribution < -0.4 is 10.6 Å². The molecule has 1 aromatic heterocycles. The summed E-state index contributed by atoms with van der Waals surface area (Å²) < 4.78 is 1.92. The van der Waals surface area contributed by atoms with Crippen molar-refractivity contribution >= 4 is 22.7 Å². The first kappa shape index (κ1) is 18.7. The fraction of sp³-hybridized carbons (Fsp3) is 0.238. The number of hydrogen-bond acceptors (Lipinski definition) is 3. The number of aliphatic hydroxyl groups excluding tert-OH is 1. The van der Waals surface area contributed by atoms with Gasteiger partial charge in [0.05, 0.1) is 6.10 Å². The highest BCUT2D eigenvalue weighted by Crippen LogP contribution is 2.25. The summed E-state index contributed by atoms with van der Waals surface area (Å²) >= 11 is 0. The van der Waals surface area contributed by atoms with Crippen LogP contribution in [0.2, 0.25) is 0 Å². The van der Waals surface area contributed by atoms with Gasteiger partial charge < -0.3 is 20.3 Å². The lowest BCUT2D eigenvalue weighted by molar-refractivity contribution is -0.139. The smallest absolute Gasteiger partial charge is 0.309 e. The Morgan fingerprint density at radius 3 is 2.44 bits per heavy atom. The minimum atomic E-state index is -0.892. The number of nitrogens with one attached hydrogen (secondary N) is 2. The SMILES string of the molecule is Cn1cc(C(O)CNC(=O)C(=O)NCCc2ccccc2)c2ccccc21. The molecule has 3 aromatic rings. The number of carbonyl (C=O) groups is 2. The van der Waals surface area contributed by atoms with Gasteiger partial charge in [-0.2, -0.15) is 0 Å². The average Bonchev–Trinajstić information content (AvgIpc) is 3.03. The zero-order valence-corrected chi connectivity index (χ0v) is 15.2. The Labute approximate surface area is 157 Å².